The molecule has 0 amide bonds. The Balaban J connectivity index is 2.40. The summed E-state index contributed by atoms with van der Waals surface area (Å²) in [5, 5.41) is 4.32. The van der Waals surface area contributed by atoms with Crippen molar-refractivity contribution in [1.29, 1.82) is 0 Å². The minimum absolute atomic E-state index is 0.330. The molecule has 15 heavy (non-hydrogen) atoms. The monoisotopic (exact) mass is 243 g/mol. The fourth-order valence-corrected chi connectivity index (χ4v) is 2.28. The average molecular weight is 244 g/mol. The van der Waals surface area contributed by atoms with Crippen molar-refractivity contribution in [3.8, 4) is 0 Å². The highest BCUT2D eigenvalue weighted by atomic mass is 35.5. The topological polar surface area (TPSA) is 12.0 Å². The lowest BCUT2D eigenvalue weighted by molar-refractivity contribution is 0.601. The molecule has 0 aliphatic heterocycles. The molecule has 1 atom stereocenters. The molecule has 1 N–H and O–H groups in total. The van der Waals surface area contributed by atoms with Crippen LogP contribution in [0.1, 0.15) is 25.5 Å². The highest BCUT2D eigenvalue weighted by Crippen LogP contribution is 2.21. The van der Waals surface area contributed by atoms with Gasteiger partial charge in [-0.05, 0) is 24.3 Å². The Morgan fingerprint density at radius 3 is 2.80 bits per heavy atom. The van der Waals surface area contributed by atoms with Gasteiger partial charge in [-0.3, -0.25) is 0 Å². The van der Waals surface area contributed by atoms with Crippen molar-refractivity contribution in [3.63, 3.8) is 0 Å². The lowest BCUT2D eigenvalue weighted by Crippen LogP contribution is -2.21. The van der Waals surface area contributed by atoms with Crippen LogP contribution >= 0.6 is 23.4 Å². The smallest absolute Gasteiger partial charge is 0.0453 e. The Bertz CT molecular complexity index is 291. The van der Waals surface area contributed by atoms with Crippen molar-refractivity contribution in [2.75, 3.05) is 18.1 Å². The molecule has 0 aliphatic carbocycles. The predicted molar refractivity (Wildman–Crippen MR) is 70.9 cm³/mol. The lowest BCUT2D eigenvalue weighted by atomic mass is 10.1. The standard InChI is InChI=1S/C12H18ClNS/c1-3-15-9-8-14-10(2)11-6-4-5-7-12(11)13/h4-7,10,14H,3,8-9H2,1-2H3. The van der Waals surface area contributed by atoms with Gasteiger partial charge in [0.05, 0.1) is 0 Å². The highest BCUT2D eigenvalue weighted by Gasteiger charge is 2.07. The van der Waals surface area contributed by atoms with Gasteiger partial charge < -0.3 is 5.32 Å². The van der Waals surface area contributed by atoms with Gasteiger partial charge in [-0.15, -0.1) is 0 Å². The number of hydrogen-bond donors (Lipinski definition) is 1. The molecule has 0 heterocycles. The first-order chi connectivity index (χ1) is 7.25. The predicted octanol–water partition coefficient (Wildman–Crippen LogP) is 3.74. The summed E-state index contributed by atoms with van der Waals surface area (Å²) >= 11 is 8.07. The van der Waals surface area contributed by atoms with Gasteiger partial charge in [-0.1, -0.05) is 36.7 Å². The molecule has 0 saturated carbocycles. The van der Waals surface area contributed by atoms with Gasteiger partial charge in [-0.2, -0.15) is 11.8 Å². The largest absolute Gasteiger partial charge is 0.309 e. The maximum Gasteiger partial charge on any atom is 0.0453 e. The Labute approximate surface area is 102 Å². The first kappa shape index (κ1) is 12.9. The summed E-state index contributed by atoms with van der Waals surface area (Å²) in [4.78, 5) is 0. The van der Waals surface area contributed by atoms with Crippen molar-refractivity contribution in [2.24, 2.45) is 0 Å². The molecule has 0 spiro atoms. The van der Waals surface area contributed by atoms with Crippen LogP contribution < -0.4 is 5.32 Å². The van der Waals surface area contributed by atoms with Crippen LogP contribution in [0, 0.1) is 0 Å². The van der Waals surface area contributed by atoms with Crippen LogP contribution in [-0.2, 0) is 0 Å². The number of halogens is 1. The van der Waals surface area contributed by atoms with E-state index in [1.165, 1.54) is 11.3 Å². The average Bonchev–Trinajstić information content (AvgIpc) is 2.25. The van der Waals surface area contributed by atoms with Crippen molar-refractivity contribution in [2.45, 2.75) is 19.9 Å². The van der Waals surface area contributed by atoms with Crippen LogP contribution in [0.4, 0.5) is 0 Å². The van der Waals surface area contributed by atoms with E-state index in [-0.39, 0.29) is 0 Å². The molecule has 0 aliphatic rings. The van der Waals surface area contributed by atoms with E-state index >= 15 is 0 Å². The quantitative estimate of drug-likeness (QED) is 0.764. The molecular formula is C12H18ClNS. The third-order valence-corrected chi connectivity index (χ3v) is 3.52. The van der Waals surface area contributed by atoms with E-state index in [4.69, 9.17) is 11.6 Å². The molecule has 0 fully saturated rings. The fourth-order valence-electron chi connectivity index (χ4n) is 1.43. The summed E-state index contributed by atoms with van der Waals surface area (Å²) in [5.41, 5.74) is 1.18. The summed E-state index contributed by atoms with van der Waals surface area (Å²) < 4.78 is 0. The molecule has 3 heteroatoms. The van der Waals surface area contributed by atoms with E-state index < -0.39 is 0 Å². The molecule has 1 rings (SSSR count). The number of benzene rings is 1. The maximum absolute atomic E-state index is 6.11. The Hall–Kier alpha value is -0.180. The van der Waals surface area contributed by atoms with Crippen LogP contribution in [-0.4, -0.2) is 18.1 Å². The first-order valence-electron chi connectivity index (χ1n) is 5.31. The van der Waals surface area contributed by atoms with E-state index in [0.29, 0.717) is 6.04 Å². The number of hydrogen-bond acceptors (Lipinski definition) is 2. The molecule has 0 bridgehead atoms. The zero-order chi connectivity index (χ0) is 11.1. The summed E-state index contributed by atoms with van der Waals surface area (Å²) in [6.45, 7) is 5.37. The Kier molecular flexibility index (Phi) is 6.15. The molecule has 1 nitrogen and oxygen atoms in total. The minimum atomic E-state index is 0.330. The van der Waals surface area contributed by atoms with E-state index in [1.54, 1.807) is 0 Å². The molecular weight excluding hydrogens is 226 g/mol. The summed E-state index contributed by atoms with van der Waals surface area (Å²) in [5.74, 6) is 2.34. The molecule has 0 saturated heterocycles. The second-order valence-electron chi connectivity index (χ2n) is 3.39. The third-order valence-electron chi connectivity index (χ3n) is 2.27. The Morgan fingerprint density at radius 1 is 1.40 bits per heavy atom. The lowest BCUT2D eigenvalue weighted by Gasteiger charge is -2.15. The van der Waals surface area contributed by atoms with Gasteiger partial charge in [0.15, 0.2) is 0 Å². The third kappa shape index (κ3) is 4.45. The number of rotatable bonds is 6. The first-order valence-corrected chi connectivity index (χ1v) is 6.84. The summed E-state index contributed by atoms with van der Waals surface area (Å²) in [6.07, 6.45) is 0. The summed E-state index contributed by atoms with van der Waals surface area (Å²) in [7, 11) is 0. The second-order valence-corrected chi connectivity index (χ2v) is 5.20. The zero-order valence-corrected chi connectivity index (χ0v) is 10.9. The zero-order valence-electron chi connectivity index (χ0n) is 9.29. The fraction of sp³-hybridized carbons (Fsp3) is 0.500. The SMILES string of the molecule is CCSCCNC(C)c1ccccc1Cl. The van der Waals surface area contributed by atoms with Gasteiger partial charge in [0, 0.05) is 23.4 Å². The van der Waals surface area contributed by atoms with Gasteiger partial charge in [-0.25, -0.2) is 0 Å². The summed E-state index contributed by atoms with van der Waals surface area (Å²) in [6, 6.07) is 8.34. The van der Waals surface area contributed by atoms with Crippen LogP contribution in [0.3, 0.4) is 0 Å². The molecule has 84 valence electrons. The van der Waals surface area contributed by atoms with Crippen LogP contribution in [0.2, 0.25) is 5.02 Å². The highest BCUT2D eigenvalue weighted by molar-refractivity contribution is 7.99. The normalized spacial score (nSPS) is 12.7. The molecule has 1 aromatic rings. The molecule has 1 aromatic carbocycles. The second kappa shape index (κ2) is 7.15. The van der Waals surface area contributed by atoms with Crippen molar-refractivity contribution >= 4 is 23.4 Å². The molecule has 1 unspecified atom stereocenters. The van der Waals surface area contributed by atoms with Gasteiger partial charge in [0.1, 0.15) is 0 Å². The van der Waals surface area contributed by atoms with Crippen molar-refractivity contribution in [1.82, 2.24) is 5.32 Å². The molecule has 0 aromatic heterocycles. The van der Waals surface area contributed by atoms with E-state index in [2.05, 4.69) is 25.2 Å². The number of nitrogens with one attached hydrogen (secondary N) is 1. The minimum Gasteiger partial charge on any atom is -0.309 e. The molecule has 0 radical (unpaired) electrons. The van der Waals surface area contributed by atoms with E-state index in [9.17, 15) is 0 Å². The van der Waals surface area contributed by atoms with Crippen molar-refractivity contribution < 1.29 is 0 Å². The maximum atomic E-state index is 6.11. The van der Waals surface area contributed by atoms with Crippen LogP contribution in [0.25, 0.3) is 0 Å². The van der Waals surface area contributed by atoms with Gasteiger partial charge in [0.2, 0.25) is 0 Å². The van der Waals surface area contributed by atoms with Crippen LogP contribution in [0.5, 0.6) is 0 Å². The van der Waals surface area contributed by atoms with Crippen molar-refractivity contribution in [3.05, 3.63) is 34.9 Å². The van der Waals surface area contributed by atoms with Gasteiger partial charge >= 0.3 is 0 Å². The van der Waals surface area contributed by atoms with Gasteiger partial charge in [0.25, 0.3) is 0 Å². The number of thioether (sulfide) groups is 1. The van der Waals surface area contributed by atoms with E-state index in [0.717, 1.165) is 17.3 Å². The van der Waals surface area contributed by atoms with Crippen LogP contribution in [0.15, 0.2) is 24.3 Å². The Morgan fingerprint density at radius 2 is 2.13 bits per heavy atom. The van der Waals surface area contributed by atoms with E-state index in [1.807, 2.05) is 30.0 Å².